The molecule has 18 rings (SSSR count). The van der Waals surface area contributed by atoms with Gasteiger partial charge in [0.2, 0.25) is 17.8 Å². The van der Waals surface area contributed by atoms with Gasteiger partial charge in [-0.15, -0.1) is 0 Å². The maximum atomic E-state index is 13.1. The first-order valence-corrected chi connectivity index (χ1v) is 41.7. The van der Waals surface area contributed by atoms with E-state index in [0.29, 0.717) is 74.1 Å². The summed E-state index contributed by atoms with van der Waals surface area (Å²) in [5.74, 6) is 2.96. The number of nitrogens with zero attached hydrogens (tertiary/aromatic N) is 23. The second-order valence-corrected chi connectivity index (χ2v) is 30.9. The number of imidazole rings is 6. The molecule has 9 aromatic heterocycles. The highest BCUT2D eigenvalue weighted by molar-refractivity contribution is 6.00. The number of carbonyl (C=O) groups excluding carboxylic acids is 6. The third-order valence-electron chi connectivity index (χ3n) is 22.3. The molecule has 39 heteroatoms. The van der Waals surface area contributed by atoms with E-state index < -0.39 is 12.2 Å². The number of rotatable bonds is 20. The molecule has 5 aliphatic heterocycles. The van der Waals surface area contributed by atoms with Crippen LogP contribution < -0.4 is 41.3 Å². The summed E-state index contributed by atoms with van der Waals surface area (Å²) in [6, 6.07) is 26.7. The topological polar surface area (TPSA) is 424 Å². The van der Waals surface area contributed by atoms with Gasteiger partial charge in [0.05, 0.1) is 52.9 Å². The minimum Gasteiger partial charge on any atom is -0.450 e. The number of nitrogens with one attached hydrogen (secondary N) is 8. The molecule has 0 spiro atoms. The van der Waals surface area contributed by atoms with Crippen molar-refractivity contribution in [1.29, 1.82) is 0 Å². The minimum atomic E-state index is -0.609. The number of amides is 7. The molecule has 0 unspecified atom stereocenters. The first-order valence-electron chi connectivity index (χ1n) is 41.7. The number of urea groups is 1. The zero-order valence-corrected chi connectivity index (χ0v) is 70.2. The van der Waals surface area contributed by atoms with Gasteiger partial charge in [-0.25, -0.2) is 74.2 Å². The molecule has 4 aromatic carbocycles. The zero-order valence-electron chi connectivity index (χ0n) is 70.2. The van der Waals surface area contributed by atoms with Gasteiger partial charge in [-0.1, -0.05) is 30.3 Å². The van der Waals surface area contributed by atoms with Crippen LogP contribution in [0.5, 0.6) is 0 Å². The predicted octanol–water partition coefficient (Wildman–Crippen LogP) is 9.11. The molecular formula is C85H99N31O8. The van der Waals surface area contributed by atoms with Gasteiger partial charge in [0, 0.05) is 182 Å². The standard InChI is InChI=1S/C31H34N10O3.C27H33N11O2.C27H32N10O3/c1-4-44-31(43)38-30-36-25-15-22(41-17-26(34-19-41)29(42)35-20(2)21-8-6-5-7-9-21)14-23(28(25)37-30)24-16-27(33-18-32-24)40-12-10-39(3)11-13-40;1-3-28-27(40)34-26-32-21-13-18(38-15-22(31-17-38)25(39)37-6-4-5-7-37)12-19(24(21)33-26)20-14-23(30-16-29-20)36-10-8-35(2)9-11-36;1-3-40-27(39)33-26-31-21-13-18(37-15-22(30-17-37)25(38)36-6-4-5-7-36)12-19(24(21)32-26)20-14-23(29-16-28-20)35-10-8-34(2)9-11-35/h5-9,14-20H,4,10-13H2,1-3H3,(H,35,42)(H2,36,37,38,43);12-17H,3-11H2,1-2H3,(H3,28,32,33,34,40);12-17H,3-11H2,1-2H3,(H2,31,32,33,39)/t20-;;/m0../s1. The Morgan fingerprint density at radius 3 is 1.14 bits per heavy atom. The summed E-state index contributed by atoms with van der Waals surface area (Å²) in [6.07, 6.45) is 17.6. The quantitative estimate of drug-likeness (QED) is 0.0352. The minimum absolute atomic E-state index is 0.0554. The Morgan fingerprint density at radius 2 is 0.774 bits per heavy atom. The average molecular weight is 1680 g/mol. The smallest absolute Gasteiger partial charge is 0.413 e. The van der Waals surface area contributed by atoms with Crippen molar-refractivity contribution in [1.82, 2.24) is 124 Å². The van der Waals surface area contributed by atoms with Gasteiger partial charge in [-0.05, 0) is 116 Å². The van der Waals surface area contributed by atoms with E-state index in [0.717, 1.165) is 187 Å². The Balaban J connectivity index is 0.000000138. The summed E-state index contributed by atoms with van der Waals surface area (Å²) < 4.78 is 15.5. The van der Waals surface area contributed by atoms with Crippen LogP contribution in [0.2, 0.25) is 0 Å². The molecule has 0 bridgehead atoms. The van der Waals surface area contributed by atoms with Crippen molar-refractivity contribution in [3.05, 3.63) is 164 Å². The van der Waals surface area contributed by atoms with Gasteiger partial charge in [0.1, 0.15) is 89.0 Å². The van der Waals surface area contributed by atoms with E-state index in [1.165, 1.54) is 0 Å². The van der Waals surface area contributed by atoms with Crippen LogP contribution in [-0.4, -0.2) is 295 Å². The molecular weight excluding hydrogens is 1580 g/mol. The van der Waals surface area contributed by atoms with Gasteiger partial charge in [0.15, 0.2) is 0 Å². The molecule has 13 aromatic rings. The maximum absolute atomic E-state index is 13.1. The Labute approximate surface area is 713 Å². The Kier molecular flexibility index (Phi) is 25.4. The molecule has 124 heavy (non-hydrogen) atoms. The number of aromatic nitrogens is 18. The van der Waals surface area contributed by atoms with Gasteiger partial charge < -0.3 is 88.0 Å². The lowest BCUT2D eigenvalue weighted by Crippen LogP contribution is -2.44. The molecule has 0 aliphatic carbocycles. The number of hydrogen-bond acceptors (Lipinski definition) is 26. The molecule has 0 radical (unpaired) electrons. The van der Waals surface area contributed by atoms with E-state index in [2.05, 4.69) is 147 Å². The predicted molar refractivity (Wildman–Crippen MR) is 468 cm³/mol. The summed E-state index contributed by atoms with van der Waals surface area (Å²) in [6.45, 7) is 22.3. The number of hydrogen-bond donors (Lipinski definition) is 8. The summed E-state index contributed by atoms with van der Waals surface area (Å²) >= 11 is 0. The number of H-pyrrole nitrogens is 3. The van der Waals surface area contributed by atoms with E-state index in [1.54, 1.807) is 75.0 Å². The van der Waals surface area contributed by atoms with E-state index in [-0.39, 0.29) is 60.6 Å². The van der Waals surface area contributed by atoms with Crippen molar-refractivity contribution in [2.45, 2.75) is 59.4 Å². The first-order chi connectivity index (χ1) is 60.3. The third-order valence-corrected chi connectivity index (χ3v) is 22.3. The van der Waals surface area contributed by atoms with Crippen LogP contribution >= 0.6 is 0 Å². The van der Waals surface area contributed by atoms with Crippen molar-refractivity contribution in [2.24, 2.45) is 0 Å². The molecule has 5 fully saturated rings. The van der Waals surface area contributed by atoms with Gasteiger partial charge in [-0.3, -0.25) is 30.3 Å². The lowest BCUT2D eigenvalue weighted by Gasteiger charge is -2.33. The molecule has 5 aliphatic rings. The SMILES string of the molecule is CCNC(=O)Nc1nc2c(-c3cc(N4CCN(C)CC4)ncn3)cc(-n3cnc(C(=O)N4CCCC4)c3)cc2[nH]1.CCOC(=O)Nc1nc2c(-c3cc(N4CCN(C)CC4)ncn3)cc(-n3cnc(C(=O)N4CCCC4)c3)cc2[nH]1.CCOC(=O)Nc1nc2c(-c3cc(N4CCN(C)CC4)ncn3)cc(-n3cnc(C(=O)N[C@@H](C)c4ccccc4)c3)cc2[nH]1. The fourth-order valence-corrected chi connectivity index (χ4v) is 15.5. The number of ether oxygens (including phenoxy) is 2. The van der Waals surface area contributed by atoms with Crippen LogP contribution in [0.1, 0.15) is 96.4 Å². The van der Waals surface area contributed by atoms with Crippen LogP contribution in [0, 0.1) is 0 Å². The van der Waals surface area contributed by atoms with Gasteiger partial charge in [-0.2, -0.15) is 0 Å². The van der Waals surface area contributed by atoms with Crippen LogP contribution in [0.4, 0.5) is 49.7 Å². The molecule has 5 saturated heterocycles. The van der Waals surface area contributed by atoms with E-state index >= 15 is 0 Å². The maximum Gasteiger partial charge on any atom is 0.413 e. The molecule has 0 saturated carbocycles. The number of fused-ring (bicyclic) bond motifs is 3. The molecule has 1 atom stereocenters. The summed E-state index contributed by atoms with van der Waals surface area (Å²) in [7, 11) is 6.35. The van der Waals surface area contributed by atoms with Gasteiger partial charge >= 0.3 is 18.2 Å². The second-order valence-electron chi connectivity index (χ2n) is 30.9. The molecule has 39 nitrogen and oxygen atoms in total. The Morgan fingerprint density at radius 1 is 0.419 bits per heavy atom. The number of piperazine rings is 3. The largest absolute Gasteiger partial charge is 0.450 e. The number of anilines is 6. The Bertz CT molecular complexity index is 5750. The fourth-order valence-electron chi connectivity index (χ4n) is 15.5. The lowest BCUT2D eigenvalue weighted by molar-refractivity contribution is 0.0780. The number of aromatic amines is 3. The first kappa shape index (κ1) is 83.3. The second kappa shape index (κ2) is 37.7. The van der Waals surface area contributed by atoms with E-state index in [1.807, 2.05) is 118 Å². The number of likely N-dealkylation sites (N-methyl/N-ethyl adjacent to an activating group) is 3. The lowest BCUT2D eigenvalue weighted by atomic mass is 10.1. The number of carbonyl (C=O) groups is 6. The normalized spacial score (nSPS) is 15.5. The van der Waals surface area contributed by atoms with Crippen LogP contribution in [-0.2, 0) is 9.47 Å². The molecule has 7 amide bonds. The van der Waals surface area contributed by atoms with Crippen LogP contribution in [0.3, 0.4) is 0 Å². The van der Waals surface area contributed by atoms with Crippen molar-refractivity contribution < 1.29 is 38.2 Å². The number of benzene rings is 4. The monoisotopic (exact) mass is 1680 g/mol. The molecule has 8 N–H and O–H groups in total. The van der Waals surface area contributed by atoms with E-state index in [4.69, 9.17) is 14.5 Å². The van der Waals surface area contributed by atoms with Gasteiger partial charge in [0.25, 0.3) is 17.7 Å². The molecule has 14 heterocycles. The van der Waals surface area contributed by atoms with Crippen molar-refractivity contribution in [3.63, 3.8) is 0 Å². The highest BCUT2D eigenvalue weighted by atomic mass is 16.6. The average Bonchev–Trinajstić information content (AvgIpc) is 1.61. The van der Waals surface area contributed by atoms with Crippen molar-refractivity contribution >= 4 is 104 Å². The van der Waals surface area contributed by atoms with Crippen LogP contribution in [0.25, 0.3) is 83.9 Å². The fraction of sp³-hybridized carbons (Fsp3) is 0.365. The molecule has 642 valence electrons. The number of likely N-dealkylation sites (tertiary alicyclic amines) is 2. The highest BCUT2D eigenvalue weighted by Crippen LogP contribution is 2.37. The summed E-state index contributed by atoms with van der Waals surface area (Å²) in [5, 5.41) is 13.8. The van der Waals surface area contributed by atoms with Crippen molar-refractivity contribution in [2.75, 3.05) is 176 Å². The zero-order chi connectivity index (χ0) is 85.9. The van der Waals surface area contributed by atoms with E-state index in [9.17, 15) is 28.8 Å². The third kappa shape index (κ3) is 19.3. The highest BCUT2D eigenvalue weighted by Gasteiger charge is 2.29. The Hall–Kier alpha value is -14.3. The van der Waals surface area contributed by atoms with Crippen molar-refractivity contribution in [3.8, 4) is 50.8 Å². The summed E-state index contributed by atoms with van der Waals surface area (Å²) in [5.41, 5.74) is 12.6. The summed E-state index contributed by atoms with van der Waals surface area (Å²) in [4.78, 5) is 157. The van der Waals surface area contributed by atoms with Crippen LogP contribution in [0.15, 0.2) is 141 Å².